The molecule has 0 aliphatic carbocycles. The van der Waals surface area contributed by atoms with Crippen molar-refractivity contribution in [3.05, 3.63) is 0 Å². The van der Waals surface area contributed by atoms with Crippen molar-refractivity contribution < 1.29 is 56.2 Å². The summed E-state index contributed by atoms with van der Waals surface area (Å²) in [4.78, 5) is 0. The van der Waals surface area contributed by atoms with Gasteiger partial charge in [-0.05, 0) is 0 Å². The van der Waals surface area contributed by atoms with Crippen LogP contribution in [-0.2, 0) is 56.2 Å². The van der Waals surface area contributed by atoms with Gasteiger partial charge in [-0.25, -0.2) is 0 Å². The van der Waals surface area contributed by atoms with E-state index in [-0.39, 0.29) is 80.1 Å². The fraction of sp³-hybridized carbons (Fsp3) is 0. The van der Waals surface area contributed by atoms with Crippen LogP contribution < -0.4 is 0 Å². The van der Waals surface area contributed by atoms with Crippen molar-refractivity contribution >= 4 is 23.9 Å². The van der Waals surface area contributed by atoms with E-state index in [1.165, 1.54) is 0 Å². The third kappa shape index (κ3) is 8.82. The fourth-order valence-corrected chi connectivity index (χ4v) is 0. The zero-order valence-electron chi connectivity index (χ0n) is 1.73. The second-order valence-electron chi connectivity index (χ2n) is 0. The van der Waals surface area contributed by atoms with Crippen molar-refractivity contribution in [1.29, 1.82) is 0 Å². The monoisotopic (exact) mass is 339 g/mol. The van der Waals surface area contributed by atoms with Crippen molar-refractivity contribution in [3.8, 4) is 0 Å². The Morgan fingerprint density at radius 3 is 1.00 bits per heavy atom. The molecular weight excluding hydrogens is 337 g/mol. The molecule has 0 aromatic heterocycles. The molecule has 0 heterocycles. The molecule has 3 radical (unpaired) electrons. The van der Waals surface area contributed by atoms with Crippen molar-refractivity contribution in [1.82, 2.24) is 0 Å². The normalized spacial score (nSPS) is 0. The molecule has 0 fully saturated rings. The molecule has 0 aromatic carbocycles. The van der Waals surface area contributed by atoms with Gasteiger partial charge in [0.1, 0.15) is 0 Å². The Balaban J connectivity index is 0. The van der Waals surface area contributed by atoms with E-state index in [2.05, 4.69) is 0 Å². The van der Waals surface area contributed by atoms with Crippen LogP contribution >= 0.6 is 0 Å². The molecule has 0 amide bonds. The van der Waals surface area contributed by atoms with Gasteiger partial charge in [-0.1, -0.05) is 0 Å². The Labute approximate surface area is 79.0 Å². The summed E-state index contributed by atoms with van der Waals surface area (Å²) >= 11 is 0. The number of hydrogen-bond donors (Lipinski definition) is 0. The fourth-order valence-electron chi connectivity index (χ4n) is 0. The summed E-state index contributed by atoms with van der Waals surface area (Å²) in [5, 5.41) is 0. The Morgan fingerprint density at radius 1 is 1.00 bits per heavy atom. The van der Waals surface area contributed by atoms with Crippen LogP contribution in [0.3, 0.4) is 0 Å². The van der Waals surface area contributed by atoms with Gasteiger partial charge in [0.05, 0.1) is 0 Å². The van der Waals surface area contributed by atoms with Crippen LogP contribution in [0, 0.1) is 0 Å². The summed E-state index contributed by atoms with van der Waals surface area (Å²) in [6.45, 7) is 0. The van der Waals surface area contributed by atoms with Gasteiger partial charge in [-0.2, -0.15) is 0 Å². The number of hydrogen-bond acceptors (Lipinski definition) is 0. The van der Waals surface area contributed by atoms with E-state index >= 15 is 0 Å². The first-order valence-corrected chi connectivity index (χ1v) is 0. The topological polar surface area (TPSA) is 0 Å². The standard InChI is InChI=1S/Ag.Cr.Ni.Sn.2H. The molecule has 0 atom stereocenters. The first kappa shape index (κ1) is 30.9. The molecule has 0 saturated heterocycles. The van der Waals surface area contributed by atoms with Gasteiger partial charge >= 0.3 is 23.9 Å². The molecule has 0 aromatic rings. The minimum atomic E-state index is 0. The van der Waals surface area contributed by atoms with Gasteiger partial charge in [0.25, 0.3) is 0 Å². The zero-order chi connectivity index (χ0) is 0. The molecule has 0 saturated carbocycles. The Hall–Kier alpha value is 2.56. The van der Waals surface area contributed by atoms with Gasteiger partial charge in [0.15, 0.2) is 0 Å². The minimum absolute atomic E-state index is 0. The average molecular weight is 339 g/mol. The van der Waals surface area contributed by atoms with E-state index < -0.39 is 0 Å². The van der Waals surface area contributed by atoms with Gasteiger partial charge < -0.3 is 0 Å². The van der Waals surface area contributed by atoms with Crippen LogP contribution in [0.25, 0.3) is 0 Å². The Morgan fingerprint density at radius 2 is 1.00 bits per heavy atom. The first-order chi connectivity index (χ1) is 0. The van der Waals surface area contributed by atoms with Gasteiger partial charge in [-0.3, -0.25) is 0 Å². The Kier molecular flexibility index (Phi) is 136. The van der Waals surface area contributed by atoms with Crippen molar-refractivity contribution in [3.63, 3.8) is 0 Å². The maximum atomic E-state index is 0. The summed E-state index contributed by atoms with van der Waals surface area (Å²) in [5.74, 6) is 0. The third-order valence-electron chi connectivity index (χ3n) is 0. The predicted octanol–water partition coefficient (Wildman–Crippen LogP) is -0.924. The summed E-state index contributed by atoms with van der Waals surface area (Å²) in [6, 6.07) is 0. The van der Waals surface area contributed by atoms with Crippen LogP contribution in [0.5, 0.6) is 0 Å². The van der Waals surface area contributed by atoms with Crippen LogP contribution in [0.15, 0.2) is 0 Å². The van der Waals surface area contributed by atoms with Gasteiger partial charge in [-0.15, -0.1) is 0 Å². The molecule has 0 rings (SSSR count). The zero-order valence-corrected chi connectivity index (χ0v) is 9.51. The summed E-state index contributed by atoms with van der Waals surface area (Å²) in [7, 11) is 0. The molecule has 33 valence electrons. The van der Waals surface area contributed by atoms with E-state index in [4.69, 9.17) is 0 Å². The molecule has 0 aliphatic heterocycles. The molecule has 4 heavy (non-hydrogen) atoms. The van der Waals surface area contributed by atoms with Gasteiger partial charge in [0.2, 0.25) is 0 Å². The van der Waals surface area contributed by atoms with Crippen LogP contribution in [0.2, 0.25) is 0 Å². The molecule has 0 unspecified atom stereocenters. The molecule has 0 nitrogen and oxygen atoms in total. The SMILES string of the molecule is [Ag].[Cr].[Ni].[SnH2]. The van der Waals surface area contributed by atoms with Crippen LogP contribution in [-0.4, -0.2) is 23.9 Å². The summed E-state index contributed by atoms with van der Waals surface area (Å²) in [5.41, 5.74) is 0. The van der Waals surface area contributed by atoms with E-state index in [1.54, 1.807) is 0 Å². The summed E-state index contributed by atoms with van der Waals surface area (Å²) < 4.78 is 0. The quantitative estimate of drug-likeness (QED) is 0.501. The molecule has 0 bridgehead atoms. The van der Waals surface area contributed by atoms with E-state index in [9.17, 15) is 0 Å². The molecule has 0 aliphatic rings. The summed E-state index contributed by atoms with van der Waals surface area (Å²) in [6.07, 6.45) is 0. The van der Waals surface area contributed by atoms with Crippen LogP contribution in [0.4, 0.5) is 0 Å². The number of rotatable bonds is 0. The van der Waals surface area contributed by atoms with E-state index in [0.29, 0.717) is 0 Å². The molecular formula is H2AgCrNiSn. The van der Waals surface area contributed by atoms with Crippen molar-refractivity contribution in [2.45, 2.75) is 0 Å². The molecule has 4 heteroatoms. The van der Waals surface area contributed by atoms with E-state index in [0.717, 1.165) is 0 Å². The van der Waals surface area contributed by atoms with Crippen molar-refractivity contribution in [2.24, 2.45) is 0 Å². The second kappa shape index (κ2) is 17.6. The Bertz CT molecular complexity index is 8.00. The average Bonchev–Trinajstić information content (AvgIpc) is 0. The molecule has 0 spiro atoms. The third-order valence-corrected chi connectivity index (χ3v) is 0. The first-order valence-electron chi connectivity index (χ1n) is 0. The molecule has 0 N–H and O–H groups in total. The predicted molar refractivity (Wildman–Crippen MR) is 8.54 cm³/mol. The van der Waals surface area contributed by atoms with E-state index in [1.807, 2.05) is 0 Å². The maximum absolute atomic E-state index is 0. The van der Waals surface area contributed by atoms with Gasteiger partial charge in [0, 0.05) is 56.2 Å². The second-order valence-corrected chi connectivity index (χ2v) is 0. The van der Waals surface area contributed by atoms with Crippen LogP contribution in [0.1, 0.15) is 0 Å². The van der Waals surface area contributed by atoms with Crippen molar-refractivity contribution in [2.75, 3.05) is 0 Å².